The number of hydrogen-bond acceptors (Lipinski definition) is 4. The van der Waals surface area contributed by atoms with Gasteiger partial charge >= 0.3 is 11.8 Å². The van der Waals surface area contributed by atoms with Crippen LogP contribution in [0.1, 0.15) is 5.56 Å². The summed E-state index contributed by atoms with van der Waals surface area (Å²) in [5.41, 5.74) is 2.11. The van der Waals surface area contributed by atoms with Gasteiger partial charge in [-0.3, -0.25) is 9.59 Å². The summed E-state index contributed by atoms with van der Waals surface area (Å²) in [6, 6.07) is 12.2. The topological polar surface area (TPSA) is 76.7 Å². The van der Waals surface area contributed by atoms with E-state index in [-0.39, 0.29) is 0 Å². The summed E-state index contributed by atoms with van der Waals surface area (Å²) < 4.78 is 10.8. The standard InChI is InChI=1S/C17H16N2O4/c1-11-2-4-12(5-3-11)18-16(20)17(21)19-13-6-7-14-15(10-13)23-9-8-22-14/h2-7,10H,8-9H2,1H3,(H,18,20)(H,19,21). The number of benzene rings is 2. The van der Waals surface area contributed by atoms with Crippen LogP contribution in [0.15, 0.2) is 42.5 Å². The van der Waals surface area contributed by atoms with E-state index in [1.807, 2.05) is 19.1 Å². The van der Waals surface area contributed by atoms with Gasteiger partial charge in [0.2, 0.25) is 0 Å². The summed E-state index contributed by atoms with van der Waals surface area (Å²) >= 11 is 0. The molecule has 0 bridgehead atoms. The van der Waals surface area contributed by atoms with Gasteiger partial charge in [0, 0.05) is 17.4 Å². The first-order chi connectivity index (χ1) is 11.1. The molecule has 1 heterocycles. The summed E-state index contributed by atoms with van der Waals surface area (Å²) in [5, 5.41) is 5.08. The van der Waals surface area contributed by atoms with E-state index in [2.05, 4.69) is 10.6 Å². The Morgan fingerprint density at radius 1 is 0.826 bits per heavy atom. The summed E-state index contributed by atoms with van der Waals surface area (Å²) in [6.07, 6.45) is 0. The molecule has 1 aliphatic rings. The summed E-state index contributed by atoms with van der Waals surface area (Å²) in [6.45, 7) is 2.90. The minimum Gasteiger partial charge on any atom is -0.486 e. The second-order valence-electron chi connectivity index (χ2n) is 5.13. The van der Waals surface area contributed by atoms with E-state index in [1.165, 1.54) is 0 Å². The molecule has 0 saturated heterocycles. The number of ether oxygens (including phenoxy) is 2. The molecular formula is C17H16N2O4. The number of nitrogens with one attached hydrogen (secondary N) is 2. The SMILES string of the molecule is Cc1ccc(NC(=O)C(=O)Nc2ccc3c(c2)OCCO3)cc1. The van der Waals surface area contributed by atoms with Crippen LogP contribution in [0.5, 0.6) is 11.5 Å². The third-order valence-electron chi connectivity index (χ3n) is 3.32. The van der Waals surface area contributed by atoms with Crippen LogP contribution < -0.4 is 20.1 Å². The predicted molar refractivity (Wildman–Crippen MR) is 85.9 cm³/mol. The molecule has 0 spiro atoms. The highest BCUT2D eigenvalue weighted by atomic mass is 16.6. The van der Waals surface area contributed by atoms with E-state index in [0.29, 0.717) is 36.1 Å². The molecule has 118 valence electrons. The van der Waals surface area contributed by atoms with Crippen molar-refractivity contribution in [2.75, 3.05) is 23.8 Å². The highest BCUT2D eigenvalue weighted by Crippen LogP contribution is 2.32. The smallest absolute Gasteiger partial charge is 0.314 e. The quantitative estimate of drug-likeness (QED) is 0.835. The van der Waals surface area contributed by atoms with Crippen molar-refractivity contribution in [3.63, 3.8) is 0 Å². The number of carbonyl (C=O) groups is 2. The Kier molecular flexibility index (Phi) is 4.14. The van der Waals surface area contributed by atoms with E-state index >= 15 is 0 Å². The minimum absolute atomic E-state index is 0.457. The van der Waals surface area contributed by atoms with Crippen molar-refractivity contribution in [3.8, 4) is 11.5 Å². The fourth-order valence-electron chi connectivity index (χ4n) is 2.13. The normalized spacial score (nSPS) is 12.4. The van der Waals surface area contributed by atoms with Gasteiger partial charge in [-0.1, -0.05) is 17.7 Å². The Balaban J connectivity index is 1.64. The van der Waals surface area contributed by atoms with Gasteiger partial charge in [-0.05, 0) is 31.2 Å². The average molecular weight is 312 g/mol. The third kappa shape index (κ3) is 3.60. The maximum absolute atomic E-state index is 12.0. The fourth-order valence-corrected chi connectivity index (χ4v) is 2.13. The van der Waals surface area contributed by atoms with E-state index in [9.17, 15) is 9.59 Å². The number of anilines is 2. The first kappa shape index (κ1) is 14.9. The number of hydrogen-bond donors (Lipinski definition) is 2. The Labute approximate surface area is 133 Å². The van der Waals surface area contributed by atoms with Crippen LogP contribution in [0, 0.1) is 6.92 Å². The summed E-state index contributed by atoms with van der Waals surface area (Å²) in [5.74, 6) is -0.308. The van der Waals surface area contributed by atoms with Crippen LogP contribution in [0.4, 0.5) is 11.4 Å². The largest absolute Gasteiger partial charge is 0.486 e. The van der Waals surface area contributed by atoms with Gasteiger partial charge in [-0.2, -0.15) is 0 Å². The van der Waals surface area contributed by atoms with Crippen LogP contribution in [0.3, 0.4) is 0 Å². The molecule has 2 N–H and O–H groups in total. The van der Waals surface area contributed by atoms with Crippen molar-refractivity contribution in [1.82, 2.24) is 0 Å². The Morgan fingerprint density at radius 3 is 2.09 bits per heavy atom. The monoisotopic (exact) mass is 312 g/mol. The fraction of sp³-hybridized carbons (Fsp3) is 0.176. The highest BCUT2D eigenvalue weighted by molar-refractivity contribution is 6.43. The van der Waals surface area contributed by atoms with E-state index in [1.54, 1.807) is 30.3 Å². The van der Waals surface area contributed by atoms with Gasteiger partial charge in [-0.25, -0.2) is 0 Å². The molecule has 0 aliphatic carbocycles. The molecule has 6 nitrogen and oxygen atoms in total. The van der Waals surface area contributed by atoms with Gasteiger partial charge in [0.1, 0.15) is 13.2 Å². The minimum atomic E-state index is -0.748. The van der Waals surface area contributed by atoms with Crippen molar-refractivity contribution in [1.29, 1.82) is 0 Å². The number of aryl methyl sites for hydroxylation is 1. The molecule has 0 saturated carbocycles. The van der Waals surface area contributed by atoms with Gasteiger partial charge in [0.25, 0.3) is 0 Å². The molecule has 0 aromatic heterocycles. The van der Waals surface area contributed by atoms with E-state index in [0.717, 1.165) is 5.56 Å². The van der Waals surface area contributed by atoms with Gasteiger partial charge < -0.3 is 20.1 Å². The number of fused-ring (bicyclic) bond motifs is 1. The first-order valence-electron chi connectivity index (χ1n) is 7.20. The van der Waals surface area contributed by atoms with Gasteiger partial charge in [-0.15, -0.1) is 0 Å². The molecule has 0 unspecified atom stereocenters. The lowest BCUT2D eigenvalue weighted by Gasteiger charge is -2.18. The van der Waals surface area contributed by atoms with Crippen molar-refractivity contribution in [2.24, 2.45) is 0 Å². The van der Waals surface area contributed by atoms with Gasteiger partial charge in [0.15, 0.2) is 11.5 Å². The number of amides is 2. The molecule has 0 fully saturated rings. The highest BCUT2D eigenvalue weighted by Gasteiger charge is 2.16. The lowest BCUT2D eigenvalue weighted by Crippen LogP contribution is -2.29. The van der Waals surface area contributed by atoms with Gasteiger partial charge in [0.05, 0.1) is 0 Å². The zero-order chi connectivity index (χ0) is 16.2. The maximum Gasteiger partial charge on any atom is 0.314 e. The maximum atomic E-state index is 12.0. The Morgan fingerprint density at radius 2 is 1.39 bits per heavy atom. The van der Waals surface area contributed by atoms with E-state index in [4.69, 9.17) is 9.47 Å². The molecule has 2 aromatic carbocycles. The van der Waals surface area contributed by atoms with Crippen LogP contribution in [-0.4, -0.2) is 25.0 Å². The molecule has 1 aliphatic heterocycles. The zero-order valence-corrected chi connectivity index (χ0v) is 12.6. The first-order valence-corrected chi connectivity index (χ1v) is 7.20. The van der Waals surface area contributed by atoms with Crippen LogP contribution >= 0.6 is 0 Å². The summed E-state index contributed by atoms with van der Waals surface area (Å²) in [4.78, 5) is 23.9. The van der Waals surface area contributed by atoms with Crippen LogP contribution in [0.2, 0.25) is 0 Å². The van der Waals surface area contributed by atoms with Crippen LogP contribution in [-0.2, 0) is 9.59 Å². The molecule has 0 radical (unpaired) electrons. The molecule has 23 heavy (non-hydrogen) atoms. The third-order valence-corrected chi connectivity index (χ3v) is 3.32. The molecular weight excluding hydrogens is 296 g/mol. The van der Waals surface area contributed by atoms with Crippen molar-refractivity contribution in [3.05, 3.63) is 48.0 Å². The predicted octanol–water partition coefficient (Wildman–Crippen LogP) is 2.34. The zero-order valence-electron chi connectivity index (χ0n) is 12.6. The molecule has 2 aromatic rings. The van der Waals surface area contributed by atoms with E-state index < -0.39 is 11.8 Å². The second kappa shape index (κ2) is 6.39. The Bertz CT molecular complexity index is 741. The van der Waals surface area contributed by atoms with Crippen molar-refractivity contribution < 1.29 is 19.1 Å². The number of rotatable bonds is 2. The van der Waals surface area contributed by atoms with Crippen molar-refractivity contribution in [2.45, 2.75) is 6.92 Å². The van der Waals surface area contributed by atoms with Crippen molar-refractivity contribution >= 4 is 23.2 Å². The molecule has 2 amide bonds. The Hall–Kier alpha value is -3.02. The molecule has 3 rings (SSSR count). The lowest BCUT2D eigenvalue weighted by atomic mass is 10.2. The number of carbonyl (C=O) groups excluding carboxylic acids is 2. The lowest BCUT2D eigenvalue weighted by molar-refractivity contribution is -0.133. The van der Waals surface area contributed by atoms with Crippen LogP contribution in [0.25, 0.3) is 0 Å². The summed E-state index contributed by atoms with van der Waals surface area (Å²) in [7, 11) is 0. The molecule has 6 heteroatoms. The average Bonchev–Trinajstić information content (AvgIpc) is 2.56. The second-order valence-corrected chi connectivity index (χ2v) is 5.13. The molecule has 0 atom stereocenters.